The van der Waals surface area contributed by atoms with Gasteiger partial charge in [-0.2, -0.15) is 0 Å². The number of rotatable bonds is 4. The predicted molar refractivity (Wildman–Crippen MR) is 87.8 cm³/mol. The Morgan fingerprint density at radius 2 is 1.82 bits per heavy atom. The van der Waals surface area contributed by atoms with Gasteiger partial charge in [-0.1, -0.05) is 54.1 Å². The summed E-state index contributed by atoms with van der Waals surface area (Å²) >= 11 is 6.10. The summed E-state index contributed by atoms with van der Waals surface area (Å²) in [6.45, 7) is 2.94. The Kier molecular flexibility index (Phi) is 4.76. The molecule has 3 nitrogen and oxygen atoms in total. The number of nitrogens with one attached hydrogen (secondary N) is 2. The number of quaternary nitrogens is 1. The summed E-state index contributed by atoms with van der Waals surface area (Å²) in [5.74, 6) is 0.0781. The first-order valence-corrected chi connectivity index (χ1v) is 8.00. The maximum absolute atomic E-state index is 12.1. The van der Waals surface area contributed by atoms with Gasteiger partial charge in [0.15, 0.2) is 6.54 Å². The van der Waals surface area contributed by atoms with E-state index in [4.69, 9.17) is 11.6 Å². The lowest BCUT2D eigenvalue weighted by Gasteiger charge is -2.25. The summed E-state index contributed by atoms with van der Waals surface area (Å²) in [7, 11) is 0. The number of hydrogen-bond acceptors (Lipinski definition) is 1. The molecule has 1 aliphatic heterocycles. The fraction of sp³-hybridized carbons (Fsp3) is 0.278. The molecule has 2 aromatic rings. The Morgan fingerprint density at radius 3 is 2.64 bits per heavy atom. The number of carbonyl (C=O) groups excluding carboxylic acids is 1. The molecule has 1 unspecified atom stereocenters. The maximum Gasteiger partial charge on any atom is 0.275 e. The Morgan fingerprint density at radius 1 is 1.09 bits per heavy atom. The third-order valence-corrected chi connectivity index (χ3v) is 4.52. The summed E-state index contributed by atoms with van der Waals surface area (Å²) in [5.41, 5.74) is 3.74. The molecule has 0 fully saturated rings. The Labute approximate surface area is 135 Å². The molecule has 0 spiro atoms. The summed E-state index contributed by atoms with van der Waals surface area (Å²) in [5, 5.41) is 3.66. The molecular weight excluding hydrogens is 296 g/mol. The zero-order chi connectivity index (χ0) is 15.4. The number of fused-ring (bicyclic) bond motifs is 1. The molecule has 0 aliphatic carbocycles. The van der Waals surface area contributed by atoms with Gasteiger partial charge in [-0.3, -0.25) is 4.79 Å². The lowest BCUT2D eigenvalue weighted by Crippen LogP contribution is -3.12. The number of amides is 1. The fourth-order valence-electron chi connectivity index (χ4n) is 2.92. The van der Waals surface area contributed by atoms with E-state index < -0.39 is 0 Å². The molecule has 4 heteroatoms. The Bertz CT molecular complexity index is 672. The van der Waals surface area contributed by atoms with Gasteiger partial charge in [-0.05, 0) is 17.2 Å². The molecule has 3 rings (SSSR count). The highest BCUT2D eigenvalue weighted by molar-refractivity contribution is 6.31. The Hall–Kier alpha value is -1.84. The van der Waals surface area contributed by atoms with Gasteiger partial charge in [0.1, 0.15) is 6.54 Å². The normalized spacial score (nSPS) is 16.9. The van der Waals surface area contributed by atoms with E-state index in [1.165, 1.54) is 16.0 Å². The smallest absolute Gasteiger partial charge is 0.275 e. The van der Waals surface area contributed by atoms with Crippen molar-refractivity contribution in [3.05, 3.63) is 70.2 Å². The molecule has 1 heterocycles. The van der Waals surface area contributed by atoms with Crippen molar-refractivity contribution in [1.82, 2.24) is 5.32 Å². The van der Waals surface area contributed by atoms with Crippen molar-refractivity contribution in [3.8, 4) is 0 Å². The largest absolute Gasteiger partial charge is 0.347 e. The van der Waals surface area contributed by atoms with E-state index in [9.17, 15) is 4.79 Å². The van der Waals surface area contributed by atoms with E-state index in [1.807, 2.05) is 24.3 Å². The number of carbonyl (C=O) groups is 1. The van der Waals surface area contributed by atoms with Gasteiger partial charge in [0, 0.05) is 23.6 Å². The van der Waals surface area contributed by atoms with Crippen molar-refractivity contribution in [2.75, 3.05) is 13.1 Å². The van der Waals surface area contributed by atoms with Crippen LogP contribution in [0.4, 0.5) is 0 Å². The molecule has 0 bridgehead atoms. The number of halogens is 1. The van der Waals surface area contributed by atoms with Crippen LogP contribution in [0.1, 0.15) is 16.7 Å². The molecule has 0 saturated carbocycles. The zero-order valence-electron chi connectivity index (χ0n) is 12.4. The second kappa shape index (κ2) is 6.95. The lowest BCUT2D eigenvalue weighted by molar-refractivity contribution is -0.908. The molecule has 114 valence electrons. The van der Waals surface area contributed by atoms with E-state index in [2.05, 4.69) is 29.6 Å². The van der Waals surface area contributed by atoms with Crippen LogP contribution in [0.25, 0.3) is 0 Å². The molecule has 1 amide bonds. The van der Waals surface area contributed by atoms with Gasteiger partial charge in [0.05, 0.1) is 6.54 Å². The fourth-order valence-corrected chi connectivity index (χ4v) is 3.12. The summed E-state index contributed by atoms with van der Waals surface area (Å²) < 4.78 is 0. The highest BCUT2D eigenvalue weighted by atomic mass is 35.5. The minimum atomic E-state index is 0.0781. The average Bonchev–Trinajstić information content (AvgIpc) is 2.54. The quantitative estimate of drug-likeness (QED) is 0.883. The monoisotopic (exact) mass is 315 g/mol. The molecular formula is C18H20ClN2O+. The number of benzene rings is 2. The van der Waals surface area contributed by atoms with Gasteiger partial charge >= 0.3 is 0 Å². The van der Waals surface area contributed by atoms with E-state index in [1.54, 1.807) is 0 Å². The van der Waals surface area contributed by atoms with Crippen molar-refractivity contribution in [2.45, 2.75) is 19.5 Å². The number of hydrogen-bond donors (Lipinski definition) is 2. The molecule has 1 aliphatic rings. The van der Waals surface area contributed by atoms with Crippen LogP contribution in [0.2, 0.25) is 5.02 Å². The minimum absolute atomic E-state index is 0.0781. The lowest BCUT2D eigenvalue weighted by atomic mass is 10.00. The van der Waals surface area contributed by atoms with Crippen LogP contribution >= 0.6 is 11.6 Å². The zero-order valence-corrected chi connectivity index (χ0v) is 13.2. The van der Waals surface area contributed by atoms with E-state index >= 15 is 0 Å². The van der Waals surface area contributed by atoms with Crippen LogP contribution in [0.15, 0.2) is 48.5 Å². The maximum atomic E-state index is 12.1. The molecule has 1 atom stereocenters. The van der Waals surface area contributed by atoms with Crippen LogP contribution < -0.4 is 10.2 Å². The van der Waals surface area contributed by atoms with E-state index in [0.29, 0.717) is 18.1 Å². The van der Waals surface area contributed by atoms with Crippen LogP contribution in [0.3, 0.4) is 0 Å². The molecule has 2 N–H and O–H groups in total. The van der Waals surface area contributed by atoms with Crippen molar-refractivity contribution >= 4 is 17.5 Å². The second-order valence-corrected chi connectivity index (χ2v) is 6.15. The third-order valence-electron chi connectivity index (χ3n) is 4.15. The van der Waals surface area contributed by atoms with Gasteiger partial charge < -0.3 is 10.2 Å². The van der Waals surface area contributed by atoms with Crippen LogP contribution in [0.5, 0.6) is 0 Å². The van der Waals surface area contributed by atoms with Crippen LogP contribution in [-0.4, -0.2) is 19.0 Å². The van der Waals surface area contributed by atoms with E-state index in [0.717, 1.165) is 25.1 Å². The van der Waals surface area contributed by atoms with E-state index in [-0.39, 0.29) is 5.91 Å². The highest BCUT2D eigenvalue weighted by Gasteiger charge is 2.21. The summed E-state index contributed by atoms with van der Waals surface area (Å²) in [6, 6.07) is 16.1. The van der Waals surface area contributed by atoms with Crippen molar-refractivity contribution in [2.24, 2.45) is 0 Å². The van der Waals surface area contributed by atoms with Gasteiger partial charge in [0.2, 0.25) is 0 Å². The molecule has 2 aromatic carbocycles. The topological polar surface area (TPSA) is 33.5 Å². The Balaban J connectivity index is 1.52. The van der Waals surface area contributed by atoms with Gasteiger partial charge in [0.25, 0.3) is 5.91 Å². The first-order valence-electron chi connectivity index (χ1n) is 7.63. The molecule has 0 saturated heterocycles. The third kappa shape index (κ3) is 3.67. The van der Waals surface area contributed by atoms with Crippen molar-refractivity contribution in [3.63, 3.8) is 0 Å². The molecule has 22 heavy (non-hydrogen) atoms. The van der Waals surface area contributed by atoms with Crippen LogP contribution in [0, 0.1) is 0 Å². The first kappa shape index (κ1) is 15.1. The first-order chi connectivity index (χ1) is 10.7. The summed E-state index contributed by atoms with van der Waals surface area (Å²) in [4.78, 5) is 13.4. The standard InChI is InChI=1S/C18H19ClN2O/c19-17-8-4-3-6-15(17)11-20-18(22)13-21-10-9-14-5-1-2-7-16(14)12-21/h1-8H,9-13H2,(H,20,22)/p+1. The molecule has 0 radical (unpaired) electrons. The van der Waals surface area contributed by atoms with Crippen molar-refractivity contribution in [1.29, 1.82) is 0 Å². The van der Waals surface area contributed by atoms with Gasteiger partial charge in [-0.25, -0.2) is 0 Å². The average molecular weight is 316 g/mol. The van der Waals surface area contributed by atoms with Crippen LogP contribution in [-0.2, 0) is 24.3 Å². The van der Waals surface area contributed by atoms with Gasteiger partial charge in [-0.15, -0.1) is 0 Å². The minimum Gasteiger partial charge on any atom is -0.347 e. The summed E-state index contributed by atoms with van der Waals surface area (Å²) in [6.07, 6.45) is 1.04. The van der Waals surface area contributed by atoms with Crippen molar-refractivity contribution < 1.29 is 9.69 Å². The second-order valence-electron chi connectivity index (χ2n) is 5.74. The predicted octanol–water partition coefficient (Wildman–Crippen LogP) is 1.60. The SMILES string of the molecule is O=C(C[NH+]1CCc2ccccc2C1)NCc1ccccc1Cl. The molecule has 0 aromatic heterocycles. The highest BCUT2D eigenvalue weighted by Crippen LogP contribution is 2.14.